The Labute approximate surface area is 217 Å². The molecule has 1 atom stereocenters. The van der Waals surface area contributed by atoms with E-state index < -0.39 is 5.60 Å². The number of carbonyl (C=O) groups is 1. The largest absolute Gasteiger partial charge is 0.444 e. The van der Waals surface area contributed by atoms with Gasteiger partial charge in [-0.15, -0.1) is 24.0 Å². The third-order valence-electron chi connectivity index (χ3n) is 5.67. The van der Waals surface area contributed by atoms with E-state index in [-0.39, 0.29) is 30.1 Å². The molecule has 0 saturated carbocycles. The van der Waals surface area contributed by atoms with Crippen LogP contribution < -0.4 is 10.6 Å². The maximum Gasteiger partial charge on any atom is 0.410 e. The fourth-order valence-electron chi connectivity index (χ4n) is 3.82. The minimum atomic E-state index is -0.488. The Morgan fingerprint density at radius 1 is 1.21 bits per heavy atom. The molecule has 0 radical (unpaired) electrons. The summed E-state index contributed by atoms with van der Waals surface area (Å²) in [6.45, 7) is 14.7. The van der Waals surface area contributed by atoms with E-state index in [1.807, 2.05) is 27.8 Å². The highest BCUT2D eigenvalue weighted by Crippen LogP contribution is 2.17. The molecule has 0 bridgehead atoms. The topological polar surface area (TPSA) is 69.2 Å². The molecule has 188 valence electrons. The molecule has 1 aliphatic rings. The minimum absolute atomic E-state index is 0. The summed E-state index contributed by atoms with van der Waals surface area (Å²) in [5, 5.41) is 6.90. The molecule has 33 heavy (non-hydrogen) atoms. The van der Waals surface area contributed by atoms with E-state index in [0.29, 0.717) is 25.0 Å². The van der Waals surface area contributed by atoms with Gasteiger partial charge in [-0.2, -0.15) is 0 Å². The lowest BCUT2D eigenvalue weighted by Crippen LogP contribution is -2.45. The lowest BCUT2D eigenvalue weighted by molar-refractivity contribution is 0.0285. The third-order valence-corrected chi connectivity index (χ3v) is 5.67. The Balaban J connectivity index is 0.00000544. The van der Waals surface area contributed by atoms with Crippen molar-refractivity contribution >= 4 is 36.0 Å². The smallest absolute Gasteiger partial charge is 0.410 e. The number of piperidine rings is 1. The van der Waals surface area contributed by atoms with E-state index in [0.717, 1.165) is 24.6 Å². The van der Waals surface area contributed by atoms with E-state index in [4.69, 9.17) is 4.74 Å². The van der Waals surface area contributed by atoms with Crippen LogP contribution >= 0.6 is 24.0 Å². The van der Waals surface area contributed by atoms with Gasteiger partial charge in [0.2, 0.25) is 0 Å². The van der Waals surface area contributed by atoms with Crippen molar-refractivity contribution in [3.8, 4) is 0 Å². The van der Waals surface area contributed by atoms with Gasteiger partial charge in [0.05, 0.1) is 0 Å². The summed E-state index contributed by atoms with van der Waals surface area (Å²) in [6, 6.07) is 8.88. The highest BCUT2D eigenvalue weighted by Gasteiger charge is 2.22. The standard InChI is InChI=1S/C25H43N5O2.HI/c1-19(2)30-14-8-9-22(18-30)16-28-23(26-6)27-15-20-10-12-21(13-11-20)17-29(7)24(31)32-25(3,4)5;/h10-13,19,22H,8-9,14-18H2,1-7H3,(H2,26,27,28);1H. The van der Waals surface area contributed by atoms with Gasteiger partial charge in [-0.1, -0.05) is 24.3 Å². The molecule has 1 amide bonds. The molecule has 2 rings (SSSR count). The lowest BCUT2D eigenvalue weighted by Gasteiger charge is -2.35. The van der Waals surface area contributed by atoms with Crippen LogP contribution in [-0.2, 0) is 17.8 Å². The van der Waals surface area contributed by atoms with Crippen LogP contribution in [0.4, 0.5) is 4.79 Å². The van der Waals surface area contributed by atoms with Crippen molar-refractivity contribution in [3.05, 3.63) is 35.4 Å². The van der Waals surface area contributed by atoms with Crippen LogP contribution in [0.25, 0.3) is 0 Å². The molecule has 0 aliphatic carbocycles. The van der Waals surface area contributed by atoms with Crippen LogP contribution in [-0.4, -0.2) is 67.2 Å². The van der Waals surface area contributed by atoms with Crippen LogP contribution in [0.3, 0.4) is 0 Å². The third kappa shape index (κ3) is 10.9. The molecule has 7 nitrogen and oxygen atoms in total. The van der Waals surface area contributed by atoms with Gasteiger partial charge >= 0.3 is 6.09 Å². The molecule has 0 spiro atoms. The number of benzene rings is 1. The van der Waals surface area contributed by atoms with Gasteiger partial charge in [0.15, 0.2) is 5.96 Å². The zero-order chi connectivity index (χ0) is 23.7. The predicted molar refractivity (Wildman–Crippen MR) is 147 cm³/mol. The molecule has 1 saturated heterocycles. The summed E-state index contributed by atoms with van der Waals surface area (Å²) < 4.78 is 5.41. The number of rotatable bonds is 7. The van der Waals surface area contributed by atoms with Gasteiger partial charge in [-0.05, 0) is 71.0 Å². The van der Waals surface area contributed by atoms with Gasteiger partial charge in [0.25, 0.3) is 0 Å². The molecular formula is C25H44IN5O2. The lowest BCUT2D eigenvalue weighted by atomic mass is 9.97. The van der Waals surface area contributed by atoms with Crippen molar-refractivity contribution < 1.29 is 9.53 Å². The minimum Gasteiger partial charge on any atom is -0.444 e. The van der Waals surface area contributed by atoms with Crippen molar-refractivity contribution in [2.75, 3.05) is 33.7 Å². The SMILES string of the molecule is CN=C(NCc1ccc(CN(C)C(=O)OC(C)(C)C)cc1)NCC1CCCN(C(C)C)C1.I. The van der Waals surface area contributed by atoms with Crippen molar-refractivity contribution in [3.63, 3.8) is 0 Å². The maximum atomic E-state index is 12.1. The van der Waals surface area contributed by atoms with Crippen LogP contribution in [0.15, 0.2) is 29.3 Å². The summed E-state index contributed by atoms with van der Waals surface area (Å²) in [4.78, 5) is 20.7. The number of amides is 1. The Bertz CT molecular complexity index is 746. The first-order valence-electron chi connectivity index (χ1n) is 11.8. The number of halogens is 1. The van der Waals surface area contributed by atoms with Crippen molar-refractivity contribution in [2.45, 2.75) is 72.2 Å². The molecular weight excluding hydrogens is 529 g/mol. The summed E-state index contributed by atoms with van der Waals surface area (Å²) in [5.74, 6) is 1.49. The first-order valence-corrected chi connectivity index (χ1v) is 11.8. The fourth-order valence-corrected chi connectivity index (χ4v) is 3.82. The van der Waals surface area contributed by atoms with Gasteiger partial charge in [-0.3, -0.25) is 4.99 Å². The zero-order valence-corrected chi connectivity index (χ0v) is 23.8. The van der Waals surface area contributed by atoms with E-state index in [9.17, 15) is 4.79 Å². The van der Waals surface area contributed by atoms with Gasteiger partial charge in [0.1, 0.15) is 5.60 Å². The number of hydrogen-bond acceptors (Lipinski definition) is 4. The summed E-state index contributed by atoms with van der Waals surface area (Å²) in [7, 11) is 3.57. The maximum absolute atomic E-state index is 12.1. The number of ether oxygens (including phenoxy) is 1. The Kier molecular flexibility index (Phi) is 12.5. The highest BCUT2D eigenvalue weighted by atomic mass is 127. The molecule has 1 unspecified atom stereocenters. The number of guanidine groups is 1. The van der Waals surface area contributed by atoms with Crippen LogP contribution in [0, 0.1) is 5.92 Å². The molecule has 1 aliphatic heterocycles. The molecule has 1 fully saturated rings. The second-order valence-corrected chi connectivity index (χ2v) is 10.1. The normalized spacial score (nSPS) is 17.3. The number of likely N-dealkylation sites (tertiary alicyclic amines) is 1. The van der Waals surface area contributed by atoms with E-state index in [1.54, 1.807) is 11.9 Å². The Hall–Kier alpha value is -1.55. The molecule has 1 aromatic carbocycles. The molecule has 1 aromatic rings. The Morgan fingerprint density at radius 3 is 2.42 bits per heavy atom. The average molecular weight is 574 g/mol. The quantitative estimate of drug-likeness (QED) is 0.287. The number of carbonyl (C=O) groups excluding carboxylic acids is 1. The van der Waals surface area contributed by atoms with Crippen molar-refractivity contribution in [1.82, 2.24) is 20.4 Å². The molecule has 0 aromatic heterocycles. The molecule has 2 N–H and O–H groups in total. The number of aliphatic imine (C=N–C) groups is 1. The van der Waals surface area contributed by atoms with E-state index >= 15 is 0 Å². The fraction of sp³-hybridized carbons (Fsp3) is 0.680. The van der Waals surface area contributed by atoms with Crippen LogP contribution in [0.2, 0.25) is 0 Å². The monoisotopic (exact) mass is 573 g/mol. The second kappa shape index (κ2) is 14.0. The predicted octanol–water partition coefficient (Wildman–Crippen LogP) is 4.46. The number of hydrogen-bond donors (Lipinski definition) is 2. The highest BCUT2D eigenvalue weighted by molar-refractivity contribution is 14.0. The van der Waals surface area contributed by atoms with Crippen molar-refractivity contribution in [2.24, 2.45) is 10.9 Å². The summed E-state index contributed by atoms with van der Waals surface area (Å²) >= 11 is 0. The van der Waals surface area contributed by atoms with E-state index in [1.165, 1.54) is 24.9 Å². The van der Waals surface area contributed by atoms with Crippen molar-refractivity contribution in [1.29, 1.82) is 0 Å². The van der Waals surface area contributed by atoms with Gasteiger partial charge < -0.3 is 25.2 Å². The summed E-state index contributed by atoms with van der Waals surface area (Å²) in [6.07, 6.45) is 2.23. The number of nitrogens with one attached hydrogen (secondary N) is 2. The van der Waals surface area contributed by atoms with Crippen LogP contribution in [0.5, 0.6) is 0 Å². The molecule has 8 heteroatoms. The molecule has 1 heterocycles. The van der Waals surface area contributed by atoms with Crippen LogP contribution in [0.1, 0.15) is 58.6 Å². The van der Waals surface area contributed by atoms with E-state index in [2.05, 4.69) is 58.6 Å². The number of nitrogens with zero attached hydrogens (tertiary/aromatic N) is 3. The summed E-state index contributed by atoms with van der Waals surface area (Å²) in [5.41, 5.74) is 1.75. The first kappa shape index (κ1) is 29.5. The first-order chi connectivity index (χ1) is 15.1. The van der Waals surface area contributed by atoms with Gasteiger partial charge in [-0.25, -0.2) is 4.79 Å². The van der Waals surface area contributed by atoms with Gasteiger partial charge in [0, 0.05) is 46.3 Å². The average Bonchev–Trinajstić information content (AvgIpc) is 2.74. The Morgan fingerprint density at radius 2 is 1.85 bits per heavy atom. The second-order valence-electron chi connectivity index (χ2n) is 10.1. The zero-order valence-electron chi connectivity index (χ0n) is 21.5.